The number of fused-ring (bicyclic) bond motifs is 2. The van der Waals surface area contributed by atoms with Crippen LogP contribution in [0.25, 0.3) is 0 Å². The molecule has 0 aromatic heterocycles. The van der Waals surface area contributed by atoms with Crippen LogP contribution < -0.4 is 0 Å². The molecule has 86 valence electrons. The molecule has 2 fully saturated rings. The molecule has 0 saturated heterocycles. The van der Waals surface area contributed by atoms with E-state index in [1.807, 2.05) is 0 Å². The third-order valence-electron chi connectivity index (χ3n) is 3.70. The third-order valence-corrected chi connectivity index (χ3v) is 3.70. The minimum absolute atomic E-state index is 0.225. The minimum Gasteiger partial charge on any atom is -0.411 e. The molecule has 0 aliphatic heterocycles. The Bertz CT molecular complexity index is 254. The number of methoxy groups -OCH3 is 1. The molecule has 4 nitrogen and oxygen atoms in total. The highest BCUT2D eigenvalue weighted by molar-refractivity contribution is 5.89. The average molecular weight is 213 g/mol. The van der Waals surface area contributed by atoms with Crippen molar-refractivity contribution in [3.05, 3.63) is 0 Å². The highest BCUT2D eigenvalue weighted by atomic mass is 16.7. The van der Waals surface area contributed by atoms with Crippen molar-refractivity contribution in [1.82, 2.24) is 0 Å². The van der Waals surface area contributed by atoms with Crippen LogP contribution in [0.5, 0.6) is 0 Å². The van der Waals surface area contributed by atoms with Crippen molar-refractivity contribution in [3.63, 3.8) is 0 Å². The van der Waals surface area contributed by atoms with E-state index in [2.05, 4.69) is 5.16 Å². The first-order valence-corrected chi connectivity index (χ1v) is 5.57. The second-order valence-electron chi connectivity index (χ2n) is 4.82. The average Bonchev–Trinajstić information content (AvgIpc) is 2.51. The Labute approximate surface area is 90.2 Å². The van der Waals surface area contributed by atoms with E-state index in [9.17, 15) is 0 Å². The van der Waals surface area contributed by atoms with E-state index in [0.29, 0.717) is 12.7 Å². The molecule has 0 aromatic carbocycles. The normalized spacial score (nSPS) is 37.4. The van der Waals surface area contributed by atoms with Gasteiger partial charge >= 0.3 is 0 Å². The summed E-state index contributed by atoms with van der Waals surface area (Å²) < 4.78 is 10.4. The Morgan fingerprint density at radius 2 is 2.47 bits per heavy atom. The van der Waals surface area contributed by atoms with Gasteiger partial charge in [0.1, 0.15) is 6.79 Å². The molecular weight excluding hydrogens is 194 g/mol. The SMILES string of the molecule is COCOC[C@]12CCC[C@H](C1)/C(=N/O)C2. The minimum atomic E-state index is 0.225. The van der Waals surface area contributed by atoms with Crippen LogP contribution in [0.4, 0.5) is 0 Å². The van der Waals surface area contributed by atoms with Crippen LogP contribution in [-0.2, 0) is 9.47 Å². The molecule has 0 heterocycles. The van der Waals surface area contributed by atoms with Gasteiger partial charge in [0, 0.05) is 13.0 Å². The van der Waals surface area contributed by atoms with Crippen molar-refractivity contribution in [2.45, 2.75) is 32.1 Å². The summed E-state index contributed by atoms with van der Waals surface area (Å²) in [7, 11) is 1.64. The topological polar surface area (TPSA) is 51.0 Å². The first-order chi connectivity index (χ1) is 7.29. The van der Waals surface area contributed by atoms with Crippen LogP contribution >= 0.6 is 0 Å². The molecule has 1 N–H and O–H groups in total. The van der Waals surface area contributed by atoms with Crippen LogP contribution in [0.2, 0.25) is 0 Å². The van der Waals surface area contributed by atoms with Gasteiger partial charge in [-0.05, 0) is 31.1 Å². The monoisotopic (exact) mass is 213 g/mol. The molecule has 2 saturated carbocycles. The number of ether oxygens (including phenoxy) is 2. The Morgan fingerprint density at radius 1 is 1.60 bits per heavy atom. The second kappa shape index (κ2) is 4.49. The Kier molecular flexibility index (Phi) is 3.26. The standard InChI is InChI=1S/C11H19NO3/c1-14-8-15-7-11-4-2-3-9(5-11)10(6-11)12-13/h9,13H,2-8H2,1H3/b12-10+/t9-,11-/m1/s1. The Hall–Kier alpha value is -0.610. The molecular formula is C11H19NO3. The molecule has 0 spiro atoms. The van der Waals surface area contributed by atoms with Crippen molar-refractivity contribution < 1.29 is 14.7 Å². The summed E-state index contributed by atoms with van der Waals surface area (Å²) in [6.07, 6.45) is 5.60. The number of hydrogen-bond acceptors (Lipinski definition) is 4. The lowest BCUT2D eigenvalue weighted by Crippen LogP contribution is -2.27. The number of rotatable bonds is 4. The van der Waals surface area contributed by atoms with Crippen molar-refractivity contribution in [3.8, 4) is 0 Å². The summed E-state index contributed by atoms with van der Waals surface area (Å²) in [6.45, 7) is 1.09. The van der Waals surface area contributed by atoms with Gasteiger partial charge < -0.3 is 14.7 Å². The summed E-state index contributed by atoms with van der Waals surface area (Å²) in [4.78, 5) is 0. The zero-order chi connectivity index (χ0) is 10.7. The zero-order valence-corrected chi connectivity index (χ0v) is 9.24. The predicted octanol–water partition coefficient (Wildman–Crippen LogP) is 2.02. The molecule has 0 radical (unpaired) electrons. The fraction of sp³-hybridized carbons (Fsp3) is 0.909. The predicted molar refractivity (Wildman–Crippen MR) is 56.1 cm³/mol. The maximum Gasteiger partial charge on any atom is 0.146 e. The van der Waals surface area contributed by atoms with Crippen molar-refractivity contribution in [1.29, 1.82) is 0 Å². The lowest BCUT2D eigenvalue weighted by Gasteiger charge is -2.31. The summed E-state index contributed by atoms with van der Waals surface area (Å²) in [6, 6.07) is 0. The second-order valence-corrected chi connectivity index (χ2v) is 4.82. The number of hydrogen-bond donors (Lipinski definition) is 1. The molecule has 2 aliphatic carbocycles. The molecule has 2 atom stereocenters. The highest BCUT2D eigenvalue weighted by Gasteiger charge is 2.46. The van der Waals surface area contributed by atoms with Gasteiger partial charge in [0.15, 0.2) is 0 Å². The third kappa shape index (κ3) is 2.16. The van der Waals surface area contributed by atoms with Crippen LogP contribution in [0.1, 0.15) is 32.1 Å². The fourth-order valence-electron chi connectivity index (χ4n) is 3.06. The van der Waals surface area contributed by atoms with E-state index >= 15 is 0 Å². The summed E-state index contributed by atoms with van der Waals surface area (Å²) in [5, 5.41) is 12.4. The van der Waals surface area contributed by atoms with E-state index in [4.69, 9.17) is 14.7 Å². The van der Waals surface area contributed by atoms with Crippen LogP contribution in [-0.4, -0.2) is 31.4 Å². The maximum absolute atomic E-state index is 8.92. The van der Waals surface area contributed by atoms with E-state index in [1.165, 1.54) is 19.3 Å². The lowest BCUT2D eigenvalue weighted by atomic mass is 9.76. The number of oxime groups is 1. The van der Waals surface area contributed by atoms with E-state index in [1.54, 1.807) is 7.11 Å². The fourth-order valence-corrected chi connectivity index (χ4v) is 3.06. The van der Waals surface area contributed by atoms with Crippen molar-refractivity contribution >= 4 is 5.71 Å². The smallest absolute Gasteiger partial charge is 0.146 e. The quantitative estimate of drug-likeness (QED) is 0.336. The maximum atomic E-state index is 8.92. The largest absolute Gasteiger partial charge is 0.411 e. The van der Waals surface area contributed by atoms with Gasteiger partial charge in [0.2, 0.25) is 0 Å². The summed E-state index contributed by atoms with van der Waals surface area (Å²) in [5.74, 6) is 0.495. The van der Waals surface area contributed by atoms with E-state index in [-0.39, 0.29) is 5.41 Å². The van der Waals surface area contributed by atoms with Gasteiger partial charge in [-0.1, -0.05) is 11.6 Å². The van der Waals surface area contributed by atoms with Gasteiger partial charge in [-0.15, -0.1) is 0 Å². The molecule has 4 heteroatoms. The molecule has 2 aliphatic rings. The van der Waals surface area contributed by atoms with Gasteiger partial charge in [-0.25, -0.2) is 0 Å². The van der Waals surface area contributed by atoms with Crippen LogP contribution in [0, 0.1) is 11.3 Å². The molecule has 2 bridgehead atoms. The Morgan fingerprint density at radius 3 is 3.20 bits per heavy atom. The summed E-state index contributed by atoms with van der Waals surface area (Å²) >= 11 is 0. The Balaban J connectivity index is 1.96. The van der Waals surface area contributed by atoms with Gasteiger partial charge in [-0.2, -0.15) is 0 Å². The molecule has 0 aromatic rings. The van der Waals surface area contributed by atoms with E-state index in [0.717, 1.165) is 25.2 Å². The number of nitrogens with zero attached hydrogens (tertiary/aromatic N) is 1. The molecule has 2 rings (SSSR count). The lowest BCUT2D eigenvalue weighted by molar-refractivity contribution is -0.0690. The zero-order valence-electron chi connectivity index (χ0n) is 9.24. The van der Waals surface area contributed by atoms with Gasteiger partial charge in [-0.3, -0.25) is 0 Å². The van der Waals surface area contributed by atoms with Gasteiger partial charge in [0.25, 0.3) is 0 Å². The first kappa shape index (κ1) is 10.9. The van der Waals surface area contributed by atoms with E-state index < -0.39 is 0 Å². The molecule has 0 unspecified atom stereocenters. The first-order valence-electron chi connectivity index (χ1n) is 5.57. The van der Waals surface area contributed by atoms with Crippen molar-refractivity contribution in [2.75, 3.05) is 20.5 Å². The summed E-state index contributed by atoms with van der Waals surface area (Å²) in [5.41, 5.74) is 1.21. The van der Waals surface area contributed by atoms with Crippen molar-refractivity contribution in [2.24, 2.45) is 16.5 Å². The molecule has 0 amide bonds. The van der Waals surface area contributed by atoms with Crippen LogP contribution in [0.15, 0.2) is 5.16 Å². The highest BCUT2D eigenvalue weighted by Crippen LogP contribution is 2.50. The molecule has 15 heavy (non-hydrogen) atoms. The van der Waals surface area contributed by atoms with Gasteiger partial charge in [0.05, 0.1) is 12.3 Å². The van der Waals surface area contributed by atoms with Crippen LogP contribution in [0.3, 0.4) is 0 Å².